The minimum absolute atomic E-state index is 0.0964. The molecule has 0 bridgehead atoms. The lowest BCUT2D eigenvalue weighted by atomic mass is 10.1. The van der Waals surface area contributed by atoms with Gasteiger partial charge in [0, 0.05) is 13.1 Å². The summed E-state index contributed by atoms with van der Waals surface area (Å²) in [6, 6.07) is 21.5. The summed E-state index contributed by atoms with van der Waals surface area (Å²) in [5.74, 6) is -0.0636. The van der Waals surface area contributed by atoms with Crippen LogP contribution in [0.5, 0.6) is 0 Å². The maximum Gasteiger partial charge on any atom is 0.322 e. The number of urea groups is 1. The van der Waals surface area contributed by atoms with E-state index in [-0.39, 0.29) is 11.2 Å². The molecule has 2 amide bonds. The second kappa shape index (κ2) is 11.1. The minimum atomic E-state index is -0.547. The van der Waals surface area contributed by atoms with Gasteiger partial charge in [0.2, 0.25) is 0 Å². The van der Waals surface area contributed by atoms with E-state index in [0.717, 1.165) is 0 Å². The first-order valence-corrected chi connectivity index (χ1v) is 11.9. The molecule has 36 heavy (non-hydrogen) atoms. The maximum atomic E-state index is 14.3. The van der Waals surface area contributed by atoms with Gasteiger partial charge in [-0.1, -0.05) is 49.4 Å². The van der Waals surface area contributed by atoms with Gasteiger partial charge >= 0.3 is 6.03 Å². The summed E-state index contributed by atoms with van der Waals surface area (Å²) in [6.45, 7) is 2.87. The lowest BCUT2D eigenvalue weighted by molar-refractivity contribution is 0.173. The summed E-state index contributed by atoms with van der Waals surface area (Å²) in [6.07, 6.45) is 0.496. The Balaban J connectivity index is 1.86. The standard InChI is InChI=1S/C28H30FN5O2/c1-4-25(33(19-18-32(2)3)28(36)31-24-17-11-9-15-22(24)29)26-30-23-16-10-8-14-21(23)27(35)34(26)20-12-6-5-7-13-20/h5-17,25H,4,18-19H2,1-3H3,(H,31,36). The van der Waals surface area contributed by atoms with E-state index in [4.69, 9.17) is 4.98 Å². The summed E-state index contributed by atoms with van der Waals surface area (Å²) in [7, 11) is 3.84. The fourth-order valence-corrected chi connectivity index (χ4v) is 4.20. The fraction of sp³-hybridized carbons (Fsp3) is 0.250. The van der Waals surface area contributed by atoms with E-state index in [1.807, 2.05) is 68.4 Å². The zero-order valence-electron chi connectivity index (χ0n) is 20.7. The van der Waals surface area contributed by atoms with Crippen LogP contribution in [0.1, 0.15) is 25.2 Å². The Hall–Kier alpha value is -4.04. The smallest absolute Gasteiger partial charge is 0.313 e. The van der Waals surface area contributed by atoms with E-state index in [1.165, 1.54) is 12.1 Å². The SMILES string of the molecule is CCC(c1nc2ccccc2c(=O)n1-c1ccccc1)N(CCN(C)C)C(=O)Nc1ccccc1F. The topological polar surface area (TPSA) is 70.5 Å². The van der Waals surface area contributed by atoms with Crippen molar-refractivity contribution in [2.75, 3.05) is 32.5 Å². The van der Waals surface area contributed by atoms with Gasteiger partial charge in [-0.15, -0.1) is 0 Å². The van der Waals surface area contributed by atoms with Gasteiger partial charge in [0.1, 0.15) is 11.6 Å². The molecule has 4 rings (SSSR count). The molecule has 0 spiro atoms. The van der Waals surface area contributed by atoms with E-state index in [2.05, 4.69) is 5.32 Å². The molecule has 3 aromatic carbocycles. The number of likely N-dealkylation sites (N-methyl/N-ethyl adjacent to an activating group) is 1. The van der Waals surface area contributed by atoms with Crippen LogP contribution in [0.2, 0.25) is 0 Å². The van der Waals surface area contributed by atoms with Crippen molar-refractivity contribution in [3.8, 4) is 5.69 Å². The number of hydrogen-bond acceptors (Lipinski definition) is 4. The molecular formula is C28H30FN5O2. The molecule has 1 heterocycles. The molecule has 186 valence electrons. The second-order valence-corrected chi connectivity index (χ2v) is 8.79. The van der Waals surface area contributed by atoms with Crippen molar-refractivity contribution in [3.63, 3.8) is 0 Å². The van der Waals surface area contributed by atoms with Crippen molar-refractivity contribution >= 4 is 22.6 Å². The Morgan fingerprint density at radius 3 is 2.33 bits per heavy atom. The third kappa shape index (κ3) is 5.28. The van der Waals surface area contributed by atoms with Crippen LogP contribution in [0.15, 0.2) is 83.7 Å². The number of aromatic nitrogens is 2. The summed E-state index contributed by atoms with van der Waals surface area (Å²) < 4.78 is 15.9. The molecule has 0 aliphatic carbocycles. The van der Waals surface area contributed by atoms with Gasteiger partial charge in [0.25, 0.3) is 5.56 Å². The Kier molecular flexibility index (Phi) is 7.75. The van der Waals surface area contributed by atoms with Gasteiger partial charge in [-0.05, 0) is 56.9 Å². The number of nitrogens with one attached hydrogen (secondary N) is 1. The van der Waals surface area contributed by atoms with Crippen molar-refractivity contribution in [2.45, 2.75) is 19.4 Å². The predicted octanol–water partition coefficient (Wildman–Crippen LogP) is 5.07. The molecule has 7 nitrogen and oxygen atoms in total. The van der Waals surface area contributed by atoms with Crippen LogP contribution in [0.3, 0.4) is 0 Å². The van der Waals surface area contributed by atoms with E-state index < -0.39 is 17.9 Å². The highest BCUT2D eigenvalue weighted by Crippen LogP contribution is 2.27. The van der Waals surface area contributed by atoms with Crippen LogP contribution in [0.25, 0.3) is 16.6 Å². The monoisotopic (exact) mass is 487 g/mol. The number of carbonyl (C=O) groups is 1. The van der Waals surface area contributed by atoms with Gasteiger partial charge in [-0.2, -0.15) is 0 Å². The molecule has 1 N–H and O–H groups in total. The number of halogens is 1. The molecule has 4 aromatic rings. The predicted molar refractivity (Wildman–Crippen MR) is 141 cm³/mol. The van der Waals surface area contributed by atoms with E-state index in [9.17, 15) is 14.0 Å². The largest absolute Gasteiger partial charge is 0.322 e. The number of benzene rings is 3. The quantitative estimate of drug-likeness (QED) is 0.377. The zero-order valence-corrected chi connectivity index (χ0v) is 20.7. The Bertz CT molecular complexity index is 1400. The highest BCUT2D eigenvalue weighted by atomic mass is 19.1. The maximum absolute atomic E-state index is 14.3. The van der Waals surface area contributed by atoms with Crippen LogP contribution in [0, 0.1) is 5.82 Å². The van der Waals surface area contributed by atoms with Crippen LogP contribution < -0.4 is 10.9 Å². The minimum Gasteiger partial charge on any atom is -0.313 e. The molecule has 0 saturated heterocycles. The Morgan fingerprint density at radius 2 is 1.64 bits per heavy atom. The van der Waals surface area contributed by atoms with Crippen LogP contribution in [-0.4, -0.2) is 52.6 Å². The molecule has 0 aliphatic rings. The molecule has 1 aromatic heterocycles. The van der Waals surface area contributed by atoms with Gasteiger partial charge in [0.15, 0.2) is 0 Å². The average molecular weight is 488 g/mol. The van der Waals surface area contributed by atoms with E-state index in [0.29, 0.717) is 41.9 Å². The molecule has 1 unspecified atom stereocenters. The van der Waals surface area contributed by atoms with Gasteiger partial charge in [0.05, 0.1) is 28.3 Å². The number of hydrogen-bond donors (Lipinski definition) is 1. The van der Waals surface area contributed by atoms with Crippen LogP contribution in [0.4, 0.5) is 14.9 Å². The first-order chi connectivity index (χ1) is 17.4. The molecule has 1 atom stereocenters. The van der Waals surface area contributed by atoms with Crippen molar-refractivity contribution in [1.82, 2.24) is 19.4 Å². The number of rotatable bonds is 8. The normalized spacial score (nSPS) is 12.0. The van der Waals surface area contributed by atoms with Crippen LogP contribution >= 0.6 is 0 Å². The second-order valence-electron chi connectivity index (χ2n) is 8.79. The molecule has 0 fully saturated rings. The number of fused-ring (bicyclic) bond motifs is 1. The number of para-hydroxylation sites is 3. The van der Waals surface area contributed by atoms with Crippen LogP contribution in [-0.2, 0) is 0 Å². The van der Waals surface area contributed by atoms with Gasteiger partial charge in [-0.25, -0.2) is 14.2 Å². The summed E-state index contributed by atoms with van der Waals surface area (Å²) in [5, 5.41) is 3.20. The number of carbonyl (C=O) groups excluding carboxylic acids is 1. The number of anilines is 1. The number of nitrogens with zero attached hydrogens (tertiary/aromatic N) is 4. The highest BCUT2D eigenvalue weighted by Gasteiger charge is 2.29. The van der Waals surface area contributed by atoms with E-state index >= 15 is 0 Å². The molecule has 0 aliphatic heterocycles. The van der Waals surface area contributed by atoms with Gasteiger partial charge in [-0.3, -0.25) is 9.36 Å². The summed E-state index contributed by atoms with van der Waals surface area (Å²) in [4.78, 5) is 35.8. The van der Waals surface area contributed by atoms with Gasteiger partial charge < -0.3 is 15.1 Å². The molecule has 8 heteroatoms. The van der Waals surface area contributed by atoms with E-state index in [1.54, 1.807) is 33.7 Å². The summed E-state index contributed by atoms with van der Waals surface area (Å²) >= 11 is 0. The lowest BCUT2D eigenvalue weighted by Crippen LogP contribution is -2.44. The third-order valence-corrected chi connectivity index (χ3v) is 6.04. The van der Waals surface area contributed by atoms with Crippen molar-refractivity contribution in [3.05, 3.63) is 101 Å². The molecule has 0 saturated carbocycles. The summed E-state index contributed by atoms with van der Waals surface area (Å²) in [5.41, 5.74) is 1.11. The zero-order chi connectivity index (χ0) is 25.7. The third-order valence-electron chi connectivity index (χ3n) is 6.04. The molecular weight excluding hydrogens is 457 g/mol. The first-order valence-electron chi connectivity index (χ1n) is 11.9. The Morgan fingerprint density at radius 1 is 0.972 bits per heavy atom. The Labute approximate surface area is 209 Å². The lowest BCUT2D eigenvalue weighted by Gasteiger charge is -2.33. The number of amides is 2. The van der Waals surface area contributed by atoms with Crippen molar-refractivity contribution < 1.29 is 9.18 Å². The first kappa shape index (κ1) is 25.1. The average Bonchev–Trinajstić information content (AvgIpc) is 2.88. The molecule has 0 radical (unpaired) electrons. The fourth-order valence-electron chi connectivity index (χ4n) is 4.20. The highest BCUT2D eigenvalue weighted by molar-refractivity contribution is 5.89. The van der Waals surface area contributed by atoms with Crippen molar-refractivity contribution in [2.24, 2.45) is 0 Å². The van der Waals surface area contributed by atoms with Crippen molar-refractivity contribution in [1.29, 1.82) is 0 Å².